The SMILES string of the molecule is O=C(O)c1ccccn1.[Ir].[c-]1cccc2c1N(c1ccccn1)c1ccccc1S2. The number of anilines is 3. The standard InChI is InChI=1S/C17H11N2S.C6H5NO2.Ir/c1-3-9-15-13(7-1)19(17-11-5-6-12-18-17)14-8-2-4-10-16(14)20-15;8-6(9)5-3-1-2-4-7-5;/h1-7,9-12H;1-4H,(H,8,9);/q-1;;. The molecule has 0 fully saturated rings. The molecular formula is C23H16IrN3O2S-. The molecule has 0 unspecified atom stereocenters. The zero-order valence-corrected chi connectivity index (χ0v) is 18.8. The van der Waals surface area contributed by atoms with Crippen LogP contribution in [0.4, 0.5) is 17.2 Å². The van der Waals surface area contributed by atoms with Crippen LogP contribution in [0.2, 0.25) is 0 Å². The molecule has 0 aliphatic carbocycles. The van der Waals surface area contributed by atoms with Crippen molar-refractivity contribution in [2.45, 2.75) is 9.79 Å². The van der Waals surface area contributed by atoms with E-state index in [2.05, 4.69) is 51.3 Å². The maximum atomic E-state index is 10.1. The van der Waals surface area contributed by atoms with Gasteiger partial charge in [0.05, 0.1) is 5.69 Å². The topological polar surface area (TPSA) is 66.3 Å². The fraction of sp³-hybridized carbons (Fsp3) is 0. The van der Waals surface area contributed by atoms with Crippen LogP contribution in [0.1, 0.15) is 10.5 Å². The number of hydrogen-bond donors (Lipinski definition) is 1. The second-order valence-corrected chi connectivity index (χ2v) is 7.08. The van der Waals surface area contributed by atoms with Gasteiger partial charge in [-0.25, -0.2) is 14.8 Å². The quantitative estimate of drug-likeness (QED) is 0.271. The zero-order chi connectivity index (χ0) is 20.1. The monoisotopic (exact) mass is 591 g/mol. The van der Waals surface area contributed by atoms with E-state index in [0.717, 1.165) is 17.2 Å². The van der Waals surface area contributed by atoms with Gasteiger partial charge in [0.15, 0.2) is 0 Å². The van der Waals surface area contributed by atoms with Gasteiger partial charge in [0, 0.05) is 37.4 Å². The van der Waals surface area contributed by atoms with Gasteiger partial charge >= 0.3 is 5.97 Å². The number of carbonyl (C=O) groups is 1. The first-order valence-corrected chi connectivity index (χ1v) is 9.69. The van der Waals surface area contributed by atoms with Gasteiger partial charge in [-0.3, -0.25) is 0 Å². The summed E-state index contributed by atoms with van der Waals surface area (Å²) in [5.41, 5.74) is 2.30. The summed E-state index contributed by atoms with van der Waals surface area (Å²) in [6.07, 6.45) is 3.27. The number of para-hydroxylation sites is 2. The van der Waals surface area contributed by atoms with E-state index in [-0.39, 0.29) is 25.8 Å². The van der Waals surface area contributed by atoms with Crippen LogP contribution >= 0.6 is 11.8 Å². The molecule has 30 heavy (non-hydrogen) atoms. The summed E-state index contributed by atoms with van der Waals surface area (Å²) in [6.45, 7) is 0. The molecule has 5 nitrogen and oxygen atoms in total. The van der Waals surface area contributed by atoms with E-state index in [1.165, 1.54) is 22.1 Å². The van der Waals surface area contributed by atoms with Gasteiger partial charge in [0.25, 0.3) is 0 Å². The average molecular weight is 591 g/mol. The molecular weight excluding hydrogens is 575 g/mol. The van der Waals surface area contributed by atoms with Crippen molar-refractivity contribution in [2.75, 3.05) is 4.90 Å². The summed E-state index contributed by atoms with van der Waals surface area (Å²) in [4.78, 5) is 22.8. The Morgan fingerprint density at radius 3 is 2.23 bits per heavy atom. The van der Waals surface area contributed by atoms with Gasteiger partial charge in [0.2, 0.25) is 0 Å². The molecule has 0 saturated carbocycles. The van der Waals surface area contributed by atoms with Crippen LogP contribution in [0, 0.1) is 6.07 Å². The Morgan fingerprint density at radius 1 is 0.867 bits per heavy atom. The second-order valence-electron chi connectivity index (χ2n) is 6.00. The van der Waals surface area contributed by atoms with Crippen LogP contribution in [0.5, 0.6) is 0 Å². The molecule has 0 saturated heterocycles. The Morgan fingerprint density at radius 2 is 1.57 bits per heavy atom. The minimum absolute atomic E-state index is 0. The molecule has 0 amide bonds. The van der Waals surface area contributed by atoms with Gasteiger partial charge in [-0.05, 0) is 36.4 Å². The number of rotatable bonds is 2. The smallest absolute Gasteiger partial charge is 0.354 e. The van der Waals surface area contributed by atoms with Crippen molar-refractivity contribution < 1.29 is 30.0 Å². The molecule has 2 aromatic heterocycles. The summed E-state index contributed by atoms with van der Waals surface area (Å²) < 4.78 is 0. The number of nitrogens with zero attached hydrogens (tertiary/aromatic N) is 3. The number of pyridine rings is 2. The minimum Gasteiger partial charge on any atom is -0.477 e. The maximum Gasteiger partial charge on any atom is 0.354 e. The van der Waals surface area contributed by atoms with Crippen molar-refractivity contribution in [3.8, 4) is 0 Å². The van der Waals surface area contributed by atoms with E-state index < -0.39 is 5.97 Å². The van der Waals surface area contributed by atoms with Gasteiger partial charge < -0.3 is 10.0 Å². The van der Waals surface area contributed by atoms with Gasteiger partial charge in [-0.15, -0.1) is 0 Å². The van der Waals surface area contributed by atoms with Gasteiger partial charge in [-0.2, -0.15) is 36.0 Å². The molecule has 0 atom stereocenters. The Balaban J connectivity index is 0.000000218. The number of fused-ring (bicyclic) bond motifs is 2. The maximum absolute atomic E-state index is 10.1. The Kier molecular flexibility index (Phi) is 7.36. The van der Waals surface area contributed by atoms with Crippen molar-refractivity contribution in [3.05, 3.63) is 103 Å². The van der Waals surface area contributed by atoms with Crippen LogP contribution in [0.25, 0.3) is 0 Å². The van der Waals surface area contributed by atoms with Crippen molar-refractivity contribution >= 4 is 34.9 Å². The Bertz CT molecular complexity index is 1080. The number of benzene rings is 2. The summed E-state index contributed by atoms with van der Waals surface area (Å²) in [5, 5.41) is 8.32. The fourth-order valence-electron chi connectivity index (χ4n) is 2.85. The van der Waals surface area contributed by atoms with E-state index >= 15 is 0 Å². The summed E-state index contributed by atoms with van der Waals surface area (Å²) >= 11 is 1.78. The zero-order valence-electron chi connectivity index (χ0n) is 15.6. The predicted octanol–water partition coefficient (Wildman–Crippen LogP) is 5.59. The molecule has 5 rings (SSSR count). The average Bonchev–Trinajstić information content (AvgIpc) is 2.79. The Hall–Kier alpha value is -2.99. The largest absolute Gasteiger partial charge is 0.477 e. The molecule has 2 aromatic carbocycles. The first-order valence-electron chi connectivity index (χ1n) is 8.87. The molecule has 1 aliphatic rings. The van der Waals surface area contributed by atoms with Crippen molar-refractivity contribution in [3.63, 3.8) is 0 Å². The van der Waals surface area contributed by atoms with Crippen molar-refractivity contribution in [1.29, 1.82) is 0 Å². The van der Waals surface area contributed by atoms with E-state index in [9.17, 15) is 4.79 Å². The molecule has 1 aliphatic heterocycles. The second kappa shape index (κ2) is 10.2. The van der Waals surface area contributed by atoms with Crippen LogP contribution < -0.4 is 4.90 Å². The normalized spacial score (nSPS) is 11.1. The fourth-order valence-corrected chi connectivity index (χ4v) is 3.89. The van der Waals surface area contributed by atoms with E-state index in [1.807, 2.05) is 36.5 Å². The molecule has 4 aromatic rings. The minimum atomic E-state index is -0.990. The molecule has 151 valence electrons. The van der Waals surface area contributed by atoms with Crippen LogP contribution in [-0.4, -0.2) is 21.0 Å². The van der Waals surface area contributed by atoms with Gasteiger partial charge in [-0.1, -0.05) is 34.8 Å². The van der Waals surface area contributed by atoms with Gasteiger partial charge in [0.1, 0.15) is 11.5 Å². The predicted molar refractivity (Wildman–Crippen MR) is 113 cm³/mol. The molecule has 3 heterocycles. The van der Waals surface area contributed by atoms with Crippen molar-refractivity contribution in [2.24, 2.45) is 0 Å². The number of aromatic carboxylic acids is 1. The number of carboxylic acid groups (broad SMARTS) is 1. The Labute approximate surface area is 192 Å². The van der Waals surface area contributed by atoms with Crippen molar-refractivity contribution in [1.82, 2.24) is 9.97 Å². The third-order valence-corrected chi connectivity index (χ3v) is 5.22. The molecule has 0 spiro atoms. The third-order valence-electron chi connectivity index (χ3n) is 4.11. The molecule has 7 heteroatoms. The van der Waals surface area contributed by atoms with E-state index in [4.69, 9.17) is 5.11 Å². The molecule has 0 bridgehead atoms. The first kappa shape index (κ1) is 21.7. The van der Waals surface area contributed by atoms with Crippen LogP contribution in [-0.2, 0) is 20.1 Å². The van der Waals surface area contributed by atoms with E-state index in [1.54, 1.807) is 23.9 Å². The molecule has 1 radical (unpaired) electrons. The third kappa shape index (κ3) is 4.76. The van der Waals surface area contributed by atoms with Crippen LogP contribution in [0.3, 0.4) is 0 Å². The number of hydrogen-bond acceptors (Lipinski definition) is 5. The first-order chi connectivity index (χ1) is 14.2. The molecule has 1 N–H and O–H groups in total. The summed E-state index contributed by atoms with van der Waals surface area (Å²) in [7, 11) is 0. The summed E-state index contributed by atoms with van der Waals surface area (Å²) in [6, 6.07) is 28.6. The van der Waals surface area contributed by atoms with Crippen LogP contribution in [0.15, 0.2) is 101 Å². The number of carboxylic acids is 1. The van der Waals surface area contributed by atoms with E-state index in [0.29, 0.717) is 0 Å². The summed E-state index contributed by atoms with van der Waals surface area (Å²) in [5.74, 6) is -0.0699. The number of aromatic nitrogens is 2.